The molecule has 0 saturated carbocycles. The van der Waals surface area contributed by atoms with Crippen molar-refractivity contribution in [3.63, 3.8) is 0 Å². The first-order valence-corrected chi connectivity index (χ1v) is 9.43. The lowest BCUT2D eigenvalue weighted by Crippen LogP contribution is -2.30. The first kappa shape index (κ1) is 21.1. The fourth-order valence-corrected chi connectivity index (χ4v) is 3.18. The molecule has 2 aromatic carbocycles. The van der Waals surface area contributed by atoms with Gasteiger partial charge in [-0.2, -0.15) is 0 Å². The topological polar surface area (TPSA) is 105 Å². The lowest BCUT2D eigenvalue weighted by atomic mass is 10.0. The smallest absolute Gasteiger partial charge is 0.307 e. The number of nitrogens with one attached hydrogen (secondary N) is 1. The first-order chi connectivity index (χ1) is 14.5. The second-order valence-corrected chi connectivity index (χ2v) is 6.52. The minimum absolute atomic E-state index is 0.0564. The molecule has 158 valence electrons. The average Bonchev–Trinajstić information content (AvgIpc) is 3.20. The van der Waals surface area contributed by atoms with Crippen LogP contribution in [0, 0.1) is 0 Å². The number of amides is 1. The molecule has 1 heterocycles. The Kier molecular flexibility index (Phi) is 6.51. The molecule has 3 rings (SSSR count). The number of carbonyl (C=O) groups excluding carboxylic acids is 2. The van der Waals surface area contributed by atoms with Gasteiger partial charge in [0.1, 0.15) is 17.0 Å². The zero-order chi connectivity index (χ0) is 21.7. The van der Waals surface area contributed by atoms with Crippen LogP contribution in [0.15, 0.2) is 36.4 Å². The van der Waals surface area contributed by atoms with E-state index >= 15 is 0 Å². The van der Waals surface area contributed by atoms with Crippen LogP contribution < -0.4 is 14.8 Å². The third kappa shape index (κ3) is 4.35. The molecule has 0 fully saturated rings. The Morgan fingerprint density at radius 2 is 1.90 bits per heavy atom. The fraction of sp³-hybridized carbons (Fsp3) is 0.333. The van der Waals surface area contributed by atoms with E-state index in [1.54, 1.807) is 48.2 Å². The fourth-order valence-electron chi connectivity index (χ4n) is 3.18. The molecular weight excluding hydrogens is 388 g/mol. The number of hydrogen-bond acceptors (Lipinski definition) is 7. The van der Waals surface area contributed by atoms with Gasteiger partial charge in [0.25, 0.3) is 5.91 Å². The number of benzene rings is 2. The maximum absolute atomic E-state index is 13.0. The molecule has 1 aromatic heterocycles. The summed E-state index contributed by atoms with van der Waals surface area (Å²) in [6.07, 6.45) is -0.0564. The molecule has 9 heteroatoms. The van der Waals surface area contributed by atoms with E-state index in [4.69, 9.17) is 14.2 Å². The number of fused-ring (bicyclic) bond motifs is 1. The van der Waals surface area contributed by atoms with Crippen molar-refractivity contribution in [3.8, 4) is 11.5 Å². The Bertz CT molecular complexity index is 1060. The molecule has 30 heavy (non-hydrogen) atoms. The van der Waals surface area contributed by atoms with E-state index in [0.717, 1.165) is 5.52 Å². The normalized spacial score (nSPS) is 11.7. The van der Waals surface area contributed by atoms with Crippen molar-refractivity contribution in [2.75, 3.05) is 21.3 Å². The van der Waals surface area contributed by atoms with Gasteiger partial charge in [-0.3, -0.25) is 9.59 Å². The monoisotopic (exact) mass is 412 g/mol. The Balaban J connectivity index is 1.91. The third-order valence-electron chi connectivity index (χ3n) is 4.80. The summed E-state index contributed by atoms with van der Waals surface area (Å²) in [6.45, 7) is 2.65. The number of methoxy groups -OCH3 is 3. The van der Waals surface area contributed by atoms with Crippen molar-refractivity contribution in [1.29, 1.82) is 0 Å². The summed E-state index contributed by atoms with van der Waals surface area (Å²) >= 11 is 0. The summed E-state index contributed by atoms with van der Waals surface area (Å²) in [5, 5.41) is 11.1. The van der Waals surface area contributed by atoms with Crippen molar-refractivity contribution < 1.29 is 23.8 Å². The van der Waals surface area contributed by atoms with Gasteiger partial charge in [0, 0.05) is 23.7 Å². The number of rotatable bonds is 8. The molecule has 0 radical (unpaired) electrons. The minimum Gasteiger partial charge on any atom is -0.497 e. The van der Waals surface area contributed by atoms with Crippen molar-refractivity contribution >= 4 is 22.9 Å². The third-order valence-corrected chi connectivity index (χ3v) is 4.80. The van der Waals surface area contributed by atoms with Crippen molar-refractivity contribution in [3.05, 3.63) is 47.5 Å². The van der Waals surface area contributed by atoms with Crippen LogP contribution in [-0.2, 0) is 16.1 Å². The molecule has 1 atom stereocenters. The second-order valence-electron chi connectivity index (χ2n) is 6.52. The molecule has 1 N–H and O–H groups in total. The summed E-state index contributed by atoms with van der Waals surface area (Å²) in [5.74, 6) is 0.280. The van der Waals surface area contributed by atoms with E-state index in [2.05, 4.69) is 15.6 Å². The number of aryl methyl sites for hydroxylation is 1. The number of aromatic nitrogens is 3. The second kappa shape index (κ2) is 9.25. The molecule has 3 aromatic rings. The van der Waals surface area contributed by atoms with Gasteiger partial charge in [0.05, 0.1) is 39.3 Å². The van der Waals surface area contributed by atoms with Crippen LogP contribution in [0.3, 0.4) is 0 Å². The van der Waals surface area contributed by atoms with Gasteiger partial charge in [0.2, 0.25) is 0 Å². The van der Waals surface area contributed by atoms with Gasteiger partial charge < -0.3 is 19.5 Å². The molecule has 1 amide bonds. The maximum atomic E-state index is 13.0. The SMILES string of the molecule is CCn1nnc2cc(C(=O)NC(CC(=O)OC)c3ccc(OC)cc3OC)ccc21. The van der Waals surface area contributed by atoms with Crippen LogP contribution in [0.5, 0.6) is 11.5 Å². The zero-order valence-corrected chi connectivity index (χ0v) is 17.3. The summed E-state index contributed by atoms with van der Waals surface area (Å²) in [4.78, 5) is 24.9. The molecule has 0 bridgehead atoms. The lowest BCUT2D eigenvalue weighted by Gasteiger charge is -2.21. The predicted molar refractivity (Wildman–Crippen MR) is 110 cm³/mol. The van der Waals surface area contributed by atoms with Crippen LogP contribution in [0.2, 0.25) is 0 Å². The van der Waals surface area contributed by atoms with Crippen molar-refractivity contribution in [2.45, 2.75) is 25.9 Å². The van der Waals surface area contributed by atoms with Gasteiger partial charge in [-0.25, -0.2) is 4.68 Å². The summed E-state index contributed by atoms with van der Waals surface area (Å²) in [7, 11) is 4.37. The lowest BCUT2D eigenvalue weighted by molar-refractivity contribution is -0.141. The molecule has 0 saturated heterocycles. The van der Waals surface area contributed by atoms with E-state index in [-0.39, 0.29) is 12.3 Å². The van der Waals surface area contributed by atoms with Crippen LogP contribution in [-0.4, -0.2) is 48.2 Å². The highest BCUT2D eigenvalue weighted by Gasteiger charge is 2.23. The Morgan fingerprint density at radius 3 is 2.57 bits per heavy atom. The largest absolute Gasteiger partial charge is 0.497 e. The van der Waals surface area contributed by atoms with Crippen LogP contribution in [0.1, 0.15) is 35.3 Å². The van der Waals surface area contributed by atoms with Gasteiger partial charge in [0.15, 0.2) is 0 Å². The summed E-state index contributed by atoms with van der Waals surface area (Å²) < 4.78 is 17.2. The number of ether oxygens (including phenoxy) is 3. The van der Waals surface area contributed by atoms with Gasteiger partial charge in [-0.1, -0.05) is 5.21 Å². The highest BCUT2D eigenvalue weighted by molar-refractivity contribution is 5.97. The minimum atomic E-state index is -0.659. The van der Waals surface area contributed by atoms with Gasteiger partial charge in [-0.05, 0) is 37.3 Å². The summed E-state index contributed by atoms with van der Waals surface area (Å²) in [5.41, 5.74) is 2.51. The highest BCUT2D eigenvalue weighted by Crippen LogP contribution is 2.31. The zero-order valence-electron chi connectivity index (χ0n) is 17.3. The van der Waals surface area contributed by atoms with E-state index in [0.29, 0.717) is 34.7 Å². The molecular formula is C21H24N4O5. The highest BCUT2D eigenvalue weighted by atomic mass is 16.5. The molecule has 9 nitrogen and oxygen atoms in total. The molecule has 0 spiro atoms. The molecule has 0 aliphatic rings. The van der Waals surface area contributed by atoms with Gasteiger partial charge in [-0.15, -0.1) is 5.10 Å². The predicted octanol–water partition coefficient (Wildman–Crippen LogP) is 2.50. The quantitative estimate of drug-likeness (QED) is 0.567. The summed E-state index contributed by atoms with van der Waals surface area (Å²) in [6, 6.07) is 9.70. The first-order valence-electron chi connectivity index (χ1n) is 9.43. The van der Waals surface area contributed by atoms with E-state index < -0.39 is 12.0 Å². The maximum Gasteiger partial charge on any atom is 0.307 e. The molecule has 0 aliphatic heterocycles. The van der Waals surface area contributed by atoms with Crippen molar-refractivity contribution in [2.24, 2.45) is 0 Å². The van der Waals surface area contributed by atoms with Crippen LogP contribution in [0.4, 0.5) is 0 Å². The Morgan fingerprint density at radius 1 is 1.10 bits per heavy atom. The van der Waals surface area contributed by atoms with E-state index in [9.17, 15) is 9.59 Å². The standard InChI is InChI=1S/C21H24N4O5/c1-5-25-18-9-6-13(10-17(18)23-24-25)21(27)22-16(12-20(26)30-4)15-8-7-14(28-2)11-19(15)29-3/h6-11,16H,5,12H2,1-4H3,(H,22,27). The van der Waals surface area contributed by atoms with Gasteiger partial charge >= 0.3 is 5.97 Å². The number of carbonyl (C=O) groups is 2. The molecule has 1 unspecified atom stereocenters. The van der Waals surface area contributed by atoms with Crippen LogP contribution in [0.25, 0.3) is 11.0 Å². The van der Waals surface area contributed by atoms with E-state index in [1.165, 1.54) is 14.2 Å². The van der Waals surface area contributed by atoms with Crippen molar-refractivity contribution in [1.82, 2.24) is 20.3 Å². The Labute approximate surface area is 173 Å². The number of esters is 1. The van der Waals surface area contributed by atoms with E-state index in [1.807, 2.05) is 6.92 Å². The number of nitrogens with zero attached hydrogens (tertiary/aromatic N) is 3. The average molecular weight is 412 g/mol. The Hall–Kier alpha value is -3.62. The number of hydrogen-bond donors (Lipinski definition) is 1. The van der Waals surface area contributed by atoms with Crippen LogP contribution >= 0.6 is 0 Å². The molecule has 0 aliphatic carbocycles.